The van der Waals surface area contributed by atoms with Gasteiger partial charge in [-0.15, -0.1) is 11.3 Å². The predicted molar refractivity (Wildman–Crippen MR) is 202 cm³/mol. The van der Waals surface area contributed by atoms with E-state index < -0.39 is 28.9 Å². The van der Waals surface area contributed by atoms with Crippen LogP contribution in [0.2, 0.25) is 0 Å². The van der Waals surface area contributed by atoms with Crippen molar-refractivity contribution in [2.45, 2.75) is 31.6 Å². The van der Waals surface area contributed by atoms with Crippen LogP contribution in [-0.4, -0.2) is 17.3 Å². The molecule has 0 radical (unpaired) electrons. The number of halogens is 6. The smallest absolute Gasteiger partial charge is 0.411 e. The average Bonchev–Trinajstić information content (AvgIpc) is 3.60. The first kappa shape index (κ1) is 37.7. The summed E-state index contributed by atoms with van der Waals surface area (Å²) in [5.74, 6) is 0.00958. The molecule has 0 bridgehead atoms. The second-order valence-corrected chi connectivity index (χ2v) is 13.9. The van der Waals surface area contributed by atoms with Crippen LogP contribution in [0, 0.1) is 36.5 Å². The van der Waals surface area contributed by atoms with E-state index in [-0.39, 0.29) is 34.1 Å². The van der Waals surface area contributed by atoms with Gasteiger partial charge in [0.25, 0.3) is 0 Å². The van der Waals surface area contributed by atoms with Crippen LogP contribution in [0.3, 0.4) is 0 Å². The zero-order valence-electron chi connectivity index (χ0n) is 29.5. The second-order valence-electron chi connectivity index (χ2n) is 12.9. The van der Waals surface area contributed by atoms with Gasteiger partial charge >= 0.3 is 12.4 Å². The molecule has 0 aliphatic rings. The van der Waals surface area contributed by atoms with Gasteiger partial charge in [-0.05, 0) is 96.3 Å². The van der Waals surface area contributed by atoms with Crippen LogP contribution in [0.25, 0.3) is 31.9 Å². The van der Waals surface area contributed by atoms with E-state index in [4.69, 9.17) is 14.5 Å². The van der Waals surface area contributed by atoms with Gasteiger partial charge < -0.3 is 9.47 Å². The zero-order chi connectivity index (χ0) is 39.8. The lowest BCUT2D eigenvalue weighted by Gasteiger charge is -2.38. The first-order valence-electron chi connectivity index (χ1n) is 16.9. The highest BCUT2D eigenvalue weighted by molar-refractivity contribution is 7.21. The fraction of sp³-hybridized carbons (Fsp3) is 0.114. The molecule has 0 spiro atoms. The zero-order valence-corrected chi connectivity index (χ0v) is 30.3. The number of hydrogen-bond donors (Lipinski definition) is 0. The van der Waals surface area contributed by atoms with E-state index in [9.17, 15) is 36.9 Å². The highest BCUT2D eigenvalue weighted by Gasteiger charge is 2.72. The van der Waals surface area contributed by atoms with Crippen LogP contribution >= 0.6 is 11.3 Å². The normalized spacial score (nSPS) is 11.9. The van der Waals surface area contributed by atoms with Gasteiger partial charge in [-0.2, -0.15) is 36.9 Å². The molecule has 0 fully saturated rings. The number of para-hydroxylation sites is 1. The number of rotatable bonds is 8. The van der Waals surface area contributed by atoms with Crippen molar-refractivity contribution in [3.8, 4) is 56.8 Å². The van der Waals surface area contributed by atoms with Crippen LogP contribution in [0.4, 0.5) is 26.3 Å². The third kappa shape index (κ3) is 6.69. The summed E-state index contributed by atoms with van der Waals surface area (Å²) in [5, 5.41) is 20.5. The summed E-state index contributed by atoms with van der Waals surface area (Å²) in [7, 11) is 0. The SMILES string of the molecule is Cc1ccc(-c2cccc(Oc3ccc(C(c4ccc(Oc5cccc(C)c5C#N)cc4)(C(F)(F)F)C(F)(F)F)cc3)c2C#N)cc1-c1nc2ccccc2s1. The summed E-state index contributed by atoms with van der Waals surface area (Å²) in [4.78, 5) is 4.77. The Morgan fingerprint density at radius 2 is 1.12 bits per heavy atom. The molecule has 56 heavy (non-hydrogen) atoms. The Bertz CT molecular complexity index is 2620. The molecule has 0 amide bonds. The van der Waals surface area contributed by atoms with Crippen LogP contribution in [0.15, 0.2) is 127 Å². The number of hydrogen-bond acceptors (Lipinski definition) is 6. The first-order chi connectivity index (χ1) is 26.7. The summed E-state index contributed by atoms with van der Waals surface area (Å²) >= 11 is 1.53. The molecule has 0 aliphatic carbocycles. The summed E-state index contributed by atoms with van der Waals surface area (Å²) < 4.78 is 102. The van der Waals surface area contributed by atoms with E-state index in [1.54, 1.807) is 31.2 Å². The Hall–Kier alpha value is -6.63. The molecule has 1 aromatic heterocycles. The lowest BCUT2D eigenvalue weighted by atomic mass is 9.73. The summed E-state index contributed by atoms with van der Waals surface area (Å²) in [6.07, 6.45) is -11.7. The van der Waals surface area contributed by atoms with Gasteiger partial charge in [-0.3, -0.25) is 0 Å². The van der Waals surface area contributed by atoms with E-state index in [2.05, 4.69) is 6.07 Å². The topological polar surface area (TPSA) is 78.9 Å². The fourth-order valence-corrected chi connectivity index (χ4v) is 7.68. The highest BCUT2D eigenvalue weighted by Crippen LogP contribution is 2.56. The van der Waals surface area contributed by atoms with Gasteiger partial charge in [0.2, 0.25) is 5.41 Å². The minimum Gasteiger partial charge on any atom is -0.456 e. The molecule has 0 saturated heterocycles. The summed E-state index contributed by atoms with van der Waals surface area (Å²) in [6.45, 7) is 3.62. The number of nitrogens with zero attached hydrogens (tertiary/aromatic N) is 3. The predicted octanol–water partition coefficient (Wildman–Crippen LogP) is 13.0. The molecule has 0 N–H and O–H groups in total. The lowest BCUT2D eigenvalue weighted by molar-refractivity contribution is -0.288. The van der Waals surface area contributed by atoms with Crippen molar-refractivity contribution in [3.05, 3.63) is 161 Å². The molecule has 7 rings (SSSR count). The second kappa shape index (κ2) is 14.5. The lowest BCUT2D eigenvalue weighted by Crippen LogP contribution is -2.54. The third-order valence-electron chi connectivity index (χ3n) is 9.44. The number of nitriles is 2. The van der Waals surface area contributed by atoms with E-state index in [0.717, 1.165) is 50.6 Å². The van der Waals surface area contributed by atoms with E-state index in [1.165, 1.54) is 23.5 Å². The largest absolute Gasteiger partial charge is 0.456 e. The van der Waals surface area contributed by atoms with Gasteiger partial charge in [-0.1, -0.05) is 72.8 Å². The number of aromatic nitrogens is 1. The molecule has 1 heterocycles. The van der Waals surface area contributed by atoms with Crippen molar-refractivity contribution >= 4 is 21.6 Å². The highest BCUT2D eigenvalue weighted by atomic mass is 32.1. The number of thiazole rings is 1. The molecule has 0 atom stereocenters. The Morgan fingerprint density at radius 3 is 1.68 bits per heavy atom. The summed E-state index contributed by atoms with van der Waals surface area (Å²) in [6, 6.07) is 34.0. The molecular formula is C44H27F6N3O2S. The molecule has 0 unspecified atom stereocenters. The van der Waals surface area contributed by atoms with Gasteiger partial charge in [0.05, 0.1) is 15.8 Å². The van der Waals surface area contributed by atoms with Crippen molar-refractivity contribution in [3.63, 3.8) is 0 Å². The molecule has 7 aromatic rings. The van der Waals surface area contributed by atoms with Crippen molar-refractivity contribution < 1.29 is 35.8 Å². The number of aryl methyl sites for hydroxylation is 2. The maximum absolute atomic E-state index is 14.9. The monoisotopic (exact) mass is 775 g/mol. The standard InChI is InChI=1S/C44H27F6N3O2S/c1-26-7-5-10-38(35(26)24-51)54-31-19-15-29(16-20-31)42(43(45,46)47,44(48,49)50)30-17-21-32(22-18-30)55-39-11-6-8-33(36(39)25-52)28-14-13-27(2)34(23-28)41-53-37-9-3-4-12-40(37)56-41/h3-23H,1-2H3. The van der Waals surface area contributed by atoms with Gasteiger partial charge in [0.1, 0.15) is 45.7 Å². The minimum absolute atomic E-state index is 0.0570. The molecule has 0 aliphatic heterocycles. The van der Waals surface area contributed by atoms with Crippen molar-refractivity contribution in [1.82, 2.24) is 4.98 Å². The Morgan fingerprint density at radius 1 is 0.571 bits per heavy atom. The molecular weight excluding hydrogens is 749 g/mol. The number of fused-ring (bicyclic) bond motifs is 1. The Labute approximate surface area is 321 Å². The third-order valence-corrected chi connectivity index (χ3v) is 10.5. The van der Waals surface area contributed by atoms with Crippen LogP contribution in [0.1, 0.15) is 33.4 Å². The van der Waals surface area contributed by atoms with E-state index in [1.807, 2.05) is 55.5 Å². The molecule has 6 aromatic carbocycles. The van der Waals surface area contributed by atoms with Crippen LogP contribution in [0.5, 0.6) is 23.0 Å². The number of alkyl halides is 6. The Balaban J connectivity index is 1.21. The Kier molecular flexibility index (Phi) is 9.79. The molecule has 12 heteroatoms. The maximum atomic E-state index is 14.9. The van der Waals surface area contributed by atoms with Crippen LogP contribution in [-0.2, 0) is 5.41 Å². The first-order valence-corrected chi connectivity index (χ1v) is 17.8. The maximum Gasteiger partial charge on any atom is 0.411 e. The number of benzene rings is 6. The van der Waals surface area contributed by atoms with Crippen molar-refractivity contribution in [2.75, 3.05) is 0 Å². The molecule has 0 saturated carbocycles. The van der Waals surface area contributed by atoms with Crippen molar-refractivity contribution in [1.29, 1.82) is 10.5 Å². The van der Waals surface area contributed by atoms with Gasteiger partial charge in [0.15, 0.2) is 0 Å². The van der Waals surface area contributed by atoms with E-state index in [0.29, 0.717) is 41.0 Å². The molecule has 278 valence electrons. The summed E-state index contributed by atoms with van der Waals surface area (Å²) in [5.41, 5.74) is -1.85. The van der Waals surface area contributed by atoms with Crippen LogP contribution < -0.4 is 9.47 Å². The number of ether oxygens (including phenoxy) is 2. The average molecular weight is 776 g/mol. The van der Waals surface area contributed by atoms with Gasteiger partial charge in [-0.25, -0.2) is 4.98 Å². The minimum atomic E-state index is -5.83. The molecule has 5 nitrogen and oxygen atoms in total. The quantitative estimate of drug-likeness (QED) is 0.144. The van der Waals surface area contributed by atoms with E-state index >= 15 is 0 Å². The van der Waals surface area contributed by atoms with Gasteiger partial charge in [0, 0.05) is 11.1 Å². The fourth-order valence-electron chi connectivity index (χ4n) is 6.63. The van der Waals surface area contributed by atoms with Crippen molar-refractivity contribution in [2.24, 2.45) is 0 Å².